The van der Waals surface area contributed by atoms with E-state index in [1.165, 1.54) is 6.07 Å². The predicted molar refractivity (Wildman–Crippen MR) is 48.6 cm³/mol. The Bertz CT molecular complexity index is 497. The summed E-state index contributed by atoms with van der Waals surface area (Å²) in [5.41, 5.74) is 0.511. The molecule has 0 fully saturated rings. The van der Waals surface area contributed by atoms with Crippen LogP contribution in [0.15, 0.2) is 36.4 Å². The molecule has 0 spiro atoms. The summed E-state index contributed by atoms with van der Waals surface area (Å²) in [4.78, 5) is 0. The van der Waals surface area contributed by atoms with Gasteiger partial charge >= 0.3 is 0 Å². The second-order valence-corrected chi connectivity index (χ2v) is 2.75. The zero-order valence-corrected chi connectivity index (χ0v) is 6.79. The van der Waals surface area contributed by atoms with Crippen molar-refractivity contribution < 1.29 is 4.39 Å². The second-order valence-electron chi connectivity index (χ2n) is 2.75. The SMILES string of the molecule is N#Cc1cccc2c(F)cccc12. The Kier molecular flexibility index (Phi) is 1.71. The van der Waals surface area contributed by atoms with Gasteiger partial charge < -0.3 is 0 Å². The monoisotopic (exact) mass is 171 g/mol. The molecule has 2 rings (SSSR count). The molecule has 0 saturated heterocycles. The highest BCUT2D eigenvalue weighted by atomic mass is 19.1. The molecule has 2 heteroatoms. The van der Waals surface area contributed by atoms with Gasteiger partial charge in [0.25, 0.3) is 0 Å². The minimum Gasteiger partial charge on any atom is -0.206 e. The van der Waals surface area contributed by atoms with Gasteiger partial charge in [-0.25, -0.2) is 4.39 Å². The van der Waals surface area contributed by atoms with Crippen molar-refractivity contribution in [3.63, 3.8) is 0 Å². The van der Waals surface area contributed by atoms with Gasteiger partial charge in [-0.1, -0.05) is 24.3 Å². The Labute approximate surface area is 75.0 Å². The summed E-state index contributed by atoms with van der Waals surface area (Å²) in [6.07, 6.45) is 0. The normalized spacial score (nSPS) is 9.85. The number of rotatable bonds is 0. The fourth-order valence-electron chi connectivity index (χ4n) is 1.37. The molecule has 0 aromatic heterocycles. The zero-order chi connectivity index (χ0) is 9.26. The lowest BCUT2D eigenvalue weighted by molar-refractivity contribution is 0.640. The van der Waals surface area contributed by atoms with E-state index < -0.39 is 0 Å². The number of fused-ring (bicyclic) bond motifs is 1. The number of benzene rings is 2. The van der Waals surface area contributed by atoms with Crippen molar-refractivity contribution >= 4 is 10.8 Å². The first-order valence-electron chi connectivity index (χ1n) is 3.90. The van der Waals surface area contributed by atoms with E-state index in [1.54, 1.807) is 30.3 Å². The fraction of sp³-hybridized carbons (Fsp3) is 0. The third-order valence-corrected chi connectivity index (χ3v) is 1.99. The van der Waals surface area contributed by atoms with Gasteiger partial charge in [0, 0.05) is 10.8 Å². The largest absolute Gasteiger partial charge is 0.206 e. The van der Waals surface area contributed by atoms with Crippen molar-refractivity contribution in [3.05, 3.63) is 47.8 Å². The maximum atomic E-state index is 13.2. The molecule has 13 heavy (non-hydrogen) atoms. The first kappa shape index (κ1) is 7.75. The first-order chi connectivity index (χ1) is 6.33. The van der Waals surface area contributed by atoms with Gasteiger partial charge in [0.2, 0.25) is 0 Å². The van der Waals surface area contributed by atoms with Crippen molar-refractivity contribution in [1.82, 2.24) is 0 Å². The molecule has 0 bridgehead atoms. The quantitative estimate of drug-likeness (QED) is 0.597. The fourth-order valence-corrected chi connectivity index (χ4v) is 1.37. The van der Waals surface area contributed by atoms with Crippen LogP contribution in [0.2, 0.25) is 0 Å². The highest BCUT2D eigenvalue weighted by Gasteiger charge is 2.02. The number of halogens is 1. The van der Waals surface area contributed by atoms with Crippen molar-refractivity contribution in [2.75, 3.05) is 0 Å². The van der Waals surface area contributed by atoms with E-state index in [4.69, 9.17) is 5.26 Å². The van der Waals surface area contributed by atoms with Crippen molar-refractivity contribution in [2.45, 2.75) is 0 Å². The van der Waals surface area contributed by atoms with E-state index in [2.05, 4.69) is 0 Å². The van der Waals surface area contributed by atoms with E-state index in [0.29, 0.717) is 16.3 Å². The Balaban J connectivity index is 2.94. The lowest BCUT2D eigenvalue weighted by Gasteiger charge is -1.99. The highest BCUT2D eigenvalue weighted by Crippen LogP contribution is 2.20. The van der Waals surface area contributed by atoms with Crippen LogP contribution < -0.4 is 0 Å². The van der Waals surface area contributed by atoms with Crippen LogP contribution in [0, 0.1) is 17.1 Å². The smallest absolute Gasteiger partial charge is 0.131 e. The van der Waals surface area contributed by atoms with Gasteiger partial charge in [-0.3, -0.25) is 0 Å². The zero-order valence-electron chi connectivity index (χ0n) is 6.79. The van der Waals surface area contributed by atoms with Crippen LogP contribution >= 0.6 is 0 Å². The topological polar surface area (TPSA) is 23.8 Å². The minimum absolute atomic E-state index is 0.283. The number of nitriles is 1. The van der Waals surface area contributed by atoms with Crippen LogP contribution in [0.5, 0.6) is 0 Å². The summed E-state index contributed by atoms with van der Waals surface area (Å²) in [7, 11) is 0. The number of hydrogen-bond donors (Lipinski definition) is 0. The molecule has 0 saturated carbocycles. The molecule has 0 aliphatic carbocycles. The van der Waals surface area contributed by atoms with Gasteiger partial charge in [-0.05, 0) is 12.1 Å². The minimum atomic E-state index is -0.283. The number of hydrogen-bond acceptors (Lipinski definition) is 1. The molecule has 1 nitrogen and oxygen atoms in total. The Hall–Kier alpha value is -1.88. The lowest BCUT2D eigenvalue weighted by Crippen LogP contribution is -1.82. The van der Waals surface area contributed by atoms with E-state index >= 15 is 0 Å². The Morgan fingerprint density at radius 3 is 2.46 bits per heavy atom. The van der Waals surface area contributed by atoms with E-state index in [1.807, 2.05) is 6.07 Å². The Morgan fingerprint density at radius 2 is 1.69 bits per heavy atom. The second kappa shape index (κ2) is 2.87. The highest BCUT2D eigenvalue weighted by molar-refractivity contribution is 5.88. The molecule has 2 aromatic carbocycles. The maximum absolute atomic E-state index is 13.2. The van der Waals surface area contributed by atoms with Crippen molar-refractivity contribution in [1.29, 1.82) is 5.26 Å². The molecular formula is C11H6FN. The van der Waals surface area contributed by atoms with E-state index in [9.17, 15) is 4.39 Å². The molecule has 0 N–H and O–H groups in total. The molecule has 0 aliphatic heterocycles. The predicted octanol–water partition coefficient (Wildman–Crippen LogP) is 2.85. The van der Waals surface area contributed by atoms with Gasteiger partial charge in [0.05, 0.1) is 11.6 Å². The summed E-state index contributed by atoms with van der Waals surface area (Å²) in [5, 5.41) is 9.93. The first-order valence-corrected chi connectivity index (χ1v) is 3.90. The van der Waals surface area contributed by atoms with Crippen LogP contribution in [0.25, 0.3) is 10.8 Å². The summed E-state index contributed by atoms with van der Waals surface area (Å²) in [6.45, 7) is 0. The summed E-state index contributed by atoms with van der Waals surface area (Å²) >= 11 is 0. The maximum Gasteiger partial charge on any atom is 0.131 e. The van der Waals surface area contributed by atoms with Crippen molar-refractivity contribution in [3.8, 4) is 6.07 Å². The Morgan fingerprint density at radius 1 is 1.00 bits per heavy atom. The van der Waals surface area contributed by atoms with Gasteiger partial charge in [0.1, 0.15) is 5.82 Å². The third-order valence-electron chi connectivity index (χ3n) is 1.99. The molecule has 0 aliphatic rings. The van der Waals surface area contributed by atoms with Gasteiger partial charge in [-0.15, -0.1) is 0 Å². The van der Waals surface area contributed by atoms with Gasteiger partial charge in [0.15, 0.2) is 0 Å². The molecule has 0 heterocycles. The average Bonchev–Trinajstić information content (AvgIpc) is 2.18. The summed E-state index contributed by atoms with van der Waals surface area (Å²) in [6, 6.07) is 11.8. The molecule has 0 unspecified atom stereocenters. The molecule has 0 radical (unpaired) electrons. The van der Waals surface area contributed by atoms with Crippen LogP contribution in [-0.4, -0.2) is 0 Å². The van der Waals surface area contributed by atoms with Crippen LogP contribution in [0.1, 0.15) is 5.56 Å². The molecule has 0 atom stereocenters. The van der Waals surface area contributed by atoms with Gasteiger partial charge in [-0.2, -0.15) is 5.26 Å². The van der Waals surface area contributed by atoms with E-state index in [-0.39, 0.29) is 5.82 Å². The third kappa shape index (κ3) is 1.15. The van der Waals surface area contributed by atoms with E-state index in [0.717, 1.165) is 0 Å². The molecule has 62 valence electrons. The van der Waals surface area contributed by atoms with Crippen LogP contribution in [0.4, 0.5) is 4.39 Å². The molecule has 2 aromatic rings. The molecular weight excluding hydrogens is 165 g/mol. The lowest BCUT2D eigenvalue weighted by atomic mass is 10.1. The summed E-state index contributed by atoms with van der Waals surface area (Å²) < 4.78 is 13.2. The summed E-state index contributed by atoms with van der Waals surface area (Å²) in [5.74, 6) is -0.283. The number of nitrogens with zero attached hydrogens (tertiary/aromatic N) is 1. The molecule has 0 amide bonds. The van der Waals surface area contributed by atoms with Crippen LogP contribution in [0.3, 0.4) is 0 Å². The average molecular weight is 171 g/mol. The standard InChI is InChI=1S/C11H6FN/c12-11-6-2-4-9-8(7-13)3-1-5-10(9)11/h1-6H. The van der Waals surface area contributed by atoms with Crippen LogP contribution in [-0.2, 0) is 0 Å². The van der Waals surface area contributed by atoms with Crippen molar-refractivity contribution in [2.24, 2.45) is 0 Å².